The topological polar surface area (TPSA) is 139 Å². The molecule has 2 aromatic carbocycles. The quantitative estimate of drug-likeness (QED) is 0.194. The van der Waals surface area contributed by atoms with Crippen molar-refractivity contribution in [1.29, 1.82) is 0 Å². The summed E-state index contributed by atoms with van der Waals surface area (Å²) in [6.07, 6.45) is 6.60. The summed E-state index contributed by atoms with van der Waals surface area (Å²) in [6.45, 7) is 3.96. The monoisotopic (exact) mass is 666 g/mol. The molecule has 0 radical (unpaired) electrons. The number of likely N-dealkylation sites (N-methyl/N-ethyl adjacent to an activating group) is 1. The third-order valence-electron chi connectivity index (χ3n) is 9.74. The highest BCUT2D eigenvalue weighted by molar-refractivity contribution is 6.10. The maximum atomic E-state index is 14.6. The number of anilines is 2. The number of fused-ring (bicyclic) bond motifs is 1. The van der Waals surface area contributed by atoms with Crippen LogP contribution in [0.4, 0.5) is 15.8 Å². The van der Waals surface area contributed by atoms with E-state index in [2.05, 4.69) is 20.7 Å². The summed E-state index contributed by atoms with van der Waals surface area (Å²) in [5.74, 6) is -1.56. The minimum Gasteiger partial charge on any atom is -0.472 e. The minimum absolute atomic E-state index is 0.00192. The van der Waals surface area contributed by atoms with E-state index in [0.717, 1.165) is 43.5 Å². The van der Waals surface area contributed by atoms with Crippen molar-refractivity contribution in [2.24, 2.45) is 17.8 Å². The largest absolute Gasteiger partial charge is 0.472 e. The van der Waals surface area contributed by atoms with Crippen molar-refractivity contribution < 1.29 is 28.6 Å². The van der Waals surface area contributed by atoms with Crippen LogP contribution in [0.3, 0.4) is 0 Å². The predicted molar refractivity (Wildman–Crippen MR) is 179 cm³/mol. The number of hydrogen-bond acceptors (Lipinski definition) is 7. The van der Waals surface area contributed by atoms with Crippen LogP contribution < -0.4 is 20.3 Å². The van der Waals surface area contributed by atoms with Gasteiger partial charge in [-0.2, -0.15) is 5.10 Å². The van der Waals surface area contributed by atoms with Gasteiger partial charge in [0, 0.05) is 30.5 Å². The molecule has 4 aromatic rings. The molecule has 254 valence electrons. The van der Waals surface area contributed by atoms with Gasteiger partial charge in [0.1, 0.15) is 24.2 Å². The number of hydrogen-bond donors (Lipinski definition) is 3. The summed E-state index contributed by atoms with van der Waals surface area (Å²) >= 11 is 0. The first-order chi connectivity index (χ1) is 23.6. The number of rotatable bonds is 12. The first kappa shape index (κ1) is 32.4. The predicted octanol–water partition coefficient (Wildman–Crippen LogP) is 4.96. The van der Waals surface area contributed by atoms with E-state index in [1.165, 1.54) is 18.0 Å². The minimum atomic E-state index is -2.30. The zero-order valence-corrected chi connectivity index (χ0v) is 27.6. The second-order valence-electron chi connectivity index (χ2n) is 13.5. The Morgan fingerprint density at radius 3 is 2.43 bits per heavy atom. The number of aliphatic hydroxyl groups is 1. The van der Waals surface area contributed by atoms with Gasteiger partial charge in [0.2, 0.25) is 17.4 Å². The fourth-order valence-corrected chi connectivity index (χ4v) is 7.02. The van der Waals surface area contributed by atoms with Crippen molar-refractivity contribution in [2.45, 2.75) is 63.8 Å². The zero-order chi connectivity index (χ0) is 34.4. The van der Waals surface area contributed by atoms with E-state index in [1.807, 2.05) is 44.2 Å². The van der Waals surface area contributed by atoms with Gasteiger partial charge in [-0.15, -0.1) is 0 Å². The molecule has 3 aliphatic rings. The molecule has 49 heavy (non-hydrogen) atoms. The maximum Gasteiger partial charge on any atom is 0.270 e. The molecule has 0 bridgehead atoms. The summed E-state index contributed by atoms with van der Waals surface area (Å²) in [7, 11) is 1.50. The van der Waals surface area contributed by atoms with Gasteiger partial charge in [0.05, 0.1) is 17.4 Å². The standard InChI is InChI=1S/C37H39FN6O5/c1-21(2)44-29(15-16-40-44)33(45)42-32(31(23-9-10-23)24-11-12-24)34(46)41-26-13-14-27-30(18-26)43(3)36(47)37(27,48)28-17-25(38)19-39-35(28)49-20-22-7-5-4-6-8-22/h4-8,13-19,21,23-24,31-32,48H,9-12,20H2,1-3H3,(H,41,46)(H,42,45)/t32-,37?/m0/s1. The number of halogens is 1. The van der Waals surface area contributed by atoms with Gasteiger partial charge in [-0.05, 0) is 87.1 Å². The number of carbonyl (C=O) groups is 3. The van der Waals surface area contributed by atoms with Gasteiger partial charge < -0.3 is 25.4 Å². The van der Waals surface area contributed by atoms with E-state index in [-0.39, 0.29) is 47.4 Å². The molecule has 11 nitrogen and oxygen atoms in total. The molecule has 3 amide bonds. The first-order valence-electron chi connectivity index (χ1n) is 16.7. The van der Waals surface area contributed by atoms with Crippen LogP contribution in [0.2, 0.25) is 0 Å². The SMILES string of the molecule is CC(C)n1nccc1C(=O)N[C@H](C(=O)Nc1ccc2c(c1)N(C)C(=O)C2(O)c1cc(F)cnc1OCc1ccccc1)C(C1CC1)C1CC1. The lowest BCUT2D eigenvalue weighted by Gasteiger charge is -2.28. The lowest BCUT2D eigenvalue weighted by Crippen LogP contribution is -2.50. The summed E-state index contributed by atoms with van der Waals surface area (Å²) in [5, 5.41) is 22.4. The van der Waals surface area contributed by atoms with Crippen LogP contribution in [-0.4, -0.2) is 50.7 Å². The molecule has 2 fully saturated rings. The molecule has 2 atom stereocenters. The third kappa shape index (κ3) is 6.16. The Balaban J connectivity index is 1.17. The molecule has 7 rings (SSSR count). The number of ether oxygens (including phenoxy) is 1. The van der Waals surface area contributed by atoms with Crippen LogP contribution in [0.5, 0.6) is 5.88 Å². The number of nitrogens with one attached hydrogen (secondary N) is 2. The zero-order valence-electron chi connectivity index (χ0n) is 27.6. The van der Waals surface area contributed by atoms with Crippen LogP contribution in [-0.2, 0) is 21.8 Å². The smallest absolute Gasteiger partial charge is 0.270 e. The van der Waals surface area contributed by atoms with Crippen molar-refractivity contribution in [2.75, 3.05) is 17.3 Å². The van der Waals surface area contributed by atoms with Crippen LogP contribution in [0.1, 0.15) is 72.8 Å². The molecule has 3 heterocycles. The van der Waals surface area contributed by atoms with Gasteiger partial charge >= 0.3 is 0 Å². The second kappa shape index (κ2) is 12.7. The molecule has 2 aliphatic carbocycles. The van der Waals surface area contributed by atoms with Gasteiger partial charge in [-0.25, -0.2) is 9.37 Å². The Kier molecular flexibility index (Phi) is 8.43. The average Bonchev–Trinajstić information content (AvgIpc) is 4.04. The van der Waals surface area contributed by atoms with E-state index in [9.17, 15) is 23.9 Å². The number of amides is 3. The summed E-state index contributed by atoms with van der Waals surface area (Å²) in [4.78, 5) is 46.7. The fourth-order valence-electron chi connectivity index (χ4n) is 7.02. The number of aromatic nitrogens is 3. The van der Waals surface area contributed by atoms with E-state index in [4.69, 9.17) is 4.74 Å². The van der Waals surface area contributed by atoms with Crippen molar-refractivity contribution in [3.8, 4) is 5.88 Å². The molecule has 0 spiro atoms. The van der Waals surface area contributed by atoms with E-state index in [0.29, 0.717) is 28.9 Å². The lowest BCUT2D eigenvalue weighted by molar-refractivity contribution is -0.132. The van der Waals surface area contributed by atoms with Gasteiger partial charge in [0.15, 0.2) is 0 Å². The van der Waals surface area contributed by atoms with Crippen LogP contribution in [0.15, 0.2) is 73.1 Å². The van der Waals surface area contributed by atoms with E-state index >= 15 is 0 Å². The normalized spacial score (nSPS) is 19.2. The Hall–Kier alpha value is -5.10. The number of nitrogens with zero attached hydrogens (tertiary/aromatic N) is 4. The summed E-state index contributed by atoms with van der Waals surface area (Å²) < 4.78 is 22.1. The second-order valence-corrected chi connectivity index (χ2v) is 13.5. The van der Waals surface area contributed by atoms with Gasteiger partial charge in [-0.3, -0.25) is 19.1 Å². The third-order valence-corrected chi connectivity index (χ3v) is 9.74. The first-order valence-corrected chi connectivity index (χ1v) is 16.7. The molecule has 0 saturated heterocycles. The Morgan fingerprint density at radius 2 is 1.76 bits per heavy atom. The highest BCUT2D eigenvalue weighted by Gasteiger charge is 2.53. The number of pyridine rings is 1. The molecule has 3 N–H and O–H groups in total. The highest BCUT2D eigenvalue weighted by atomic mass is 19.1. The van der Waals surface area contributed by atoms with Crippen LogP contribution in [0, 0.1) is 23.6 Å². The van der Waals surface area contributed by atoms with Crippen molar-refractivity contribution >= 4 is 29.1 Å². The lowest BCUT2D eigenvalue weighted by atomic mass is 9.87. The Labute approximate surface area is 283 Å². The van der Waals surface area contributed by atoms with Crippen molar-refractivity contribution in [3.05, 3.63) is 101 Å². The van der Waals surface area contributed by atoms with E-state index in [1.54, 1.807) is 29.1 Å². The highest BCUT2D eigenvalue weighted by Crippen LogP contribution is 2.51. The maximum absolute atomic E-state index is 14.6. The molecular weight excluding hydrogens is 627 g/mol. The molecule has 2 aromatic heterocycles. The molecule has 1 unspecified atom stereocenters. The molecule has 1 aliphatic heterocycles. The van der Waals surface area contributed by atoms with Crippen LogP contribution >= 0.6 is 0 Å². The van der Waals surface area contributed by atoms with Crippen molar-refractivity contribution in [1.82, 2.24) is 20.1 Å². The summed E-state index contributed by atoms with van der Waals surface area (Å²) in [5.41, 5.74) is -0.325. The number of carbonyl (C=O) groups excluding carboxylic acids is 3. The summed E-state index contributed by atoms with van der Waals surface area (Å²) in [6, 6.07) is 15.9. The van der Waals surface area contributed by atoms with E-state index < -0.39 is 23.4 Å². The Bertz CT molecular complexity index is 1890. The van der Waals surface area contributed by atoms with Gasteiger partial charge in [0.25, 0.3) is 11.8 Å². The molecule has 2 saturated carbocycles. The fraction of sp³-hybridized carbons (Fsp3) is 0.378. The number of benzene rings is 2. The average molecular weight is 667 g/mol. The Morgan fingerprint density at radius 1 is 1.04 bits per heavy atom. The van der Waals surface area contributed by atoms with Crippen molar-refractivity contribution in [3.63, 3.8) is 0 Å². The molecular formula is C37H39FN6O5. The van der Waals surface area contributed by atoms with Crippen LogP contribution in [0.25, 0.3) is 0 Å². The molecule has 12 heteroatoms. The van der Waals surface area contributed by atoms with Gasteiger partial charge in [-0.1, -0.05) is 36.4 Å².